The van der Waals surface area contributed by atoms with Crippen molar-refractivity contribution in [2.45, 2.75) is 19.4 Å². The highest BCUT2D eigenvalue weighted by Gasteiger charge is 2.23. The van der Waals surface area contributed by atoms with Gasteiger partial charge >= 0.3 is 6.18 Å². The third-order valence-electron chi connectivity index (χ3n) is 2.81. The summed E-state index contributed by atoms with van der Waals surface area (Å²) in [6.07, 6.45) is -4.43. The maximum Gasteiger partial charge on any atom is 0.409 e. The van der Waals surface area contributed by atoms with Crippen LogP contribution in [0.1, 0.15) is 24.3 Å². The first-order valence-electron chi connectivity index (χ1n) is 6.14. The highest BCUT2D eigenvalue weighted by molar-refractivity contribution is 5.51. The molecular formula is C14H14F4O2. The van der Waals surface area contributed by atoms with E-state index in [2.05, 4.69) is 0 Å². The van der Waals surface area contributed by atoms with Crippen molar-refractivity contribution in [1.82, 2.24) is 0 Å². The van der Waals surface area contributed by atoms with Crippen LogP contribution in [0.4, 0.5) is 17.6 Å². The monoisotopic (exact) mass is 290 g/mol. The second kappa shape index (κ2) is 5.93. The van der Waals surface area contributed by atoms with Crippen LogP contribution in [0.3, 0.4) is 0 Å². The van der Waals surface area contributed by atoms with Gasteiger partial charge in [-0.1, -0.05) is 19.1 Å². The van der Waals surface area contributed by atoms with E-state index in [4.69, 9.17) is 9.47 Å². The summed E-state index contributed by atoms with van der Waals surface area (Å²) in [6, 6.07) is 3.91. The molecule has 1 fully saturated rings. The number of ether oxygens (including phenoxy) is 2. The average Bonchev–Trinajstić information content (AvgIpc) is 2.37. The van der Waals surface area contributed by atoms with E-state index in [-0.39, 0.29) is 17.6 Å². The lowest BCUT2D eigenvalue weighted by Crippen LogP contribution is -2.25. The summed E-state index contributed by atoms with van der Waals surface area (Å²) < 4.78 is 60.6. The van der Waals surface area contributed by atoms with Gasteiger partial charge in [0.15, 0.2) is 6.29 Å². The Bertz CT molecular complexity index is 488. The highest BCUT2D eigenvalue weighted by atomic mass is 19.4. The number of hydrogen-bond acceptors (Lipinski definition) is 2. The highest BCUT2D eigenvalue weighted by Crippen LogP contribution is 2.27. The van der Waals surface area contributed by atoms with Gasteiger partial charge in [0.2, 0.25) is 0 Å². The Hall–Kier alpha value is -1.40. The topological polar surface area (TPSA) is 18.5 Å². The maximum absolute atomic E-state index is 13.7. The molecule has 0 N–H and O–H groups in total. The number of halogens is 4. The van der Waals surface area contributed by atoms with Crippen LogP contribution in [-0.2, 0) is 9.47 Å². The summed E-state index contributed by atoms with van der Waals surface area (Å²) in [5.41, 5.74) is 0.328. The molecule has 2 nitrogen and oxygen atoms in total. The summed E-state index contributed by atoms with van der Waals surface area (Å²) in [7, 11) is 0. The molecule has 1 aliphatic heterocycles. The Balaban J connectivity index is 2.12. The molecule has 110 valence electrons. The molecule has 0 aliphatic carbocycles. The SMILES string of the molecule is CC1COC(c2ccc(/C=C/C(F)(F)F)c(F)c2)OC1. The molecule has 0 amide bonds. The van der Waals surface area contributed by atoms with Crippen LogP contribution in [0.2, 0.25) is 0 Å². The van der Waals surface area contributed by atoms with Gasteiger partial charge in [0.1, 0.15) is 5.82 Å². The summed E-state index contributed by atoms with van der Waals surface area (Å²) in [5, 5.41) is 0. The minimum atomic E-state index is -4.46. The Morgan fingerprint density at radius 2 is 1.85 bits per heavy atom. The Morgan fingerprint density at radius 1 is 1.20 bits per heavy atom. The number of benzene rings is 1. The number of hydrogen-bond donors (Lipinski definition) is 0. The van der Waals surface area contributed by atoms with E-state index < -0.39 is 18.3 Å². The van der Waals surface area contributed by atoms with E-state index in [9.17, 15) is 17.6 Å². The second-order valence-corrected chi connectivity index (χ2v) is 4.76. The smallest absolute Gasteiger partial charge is 0.348 e. The molecule has 2 rings (SSSR count). The zero-order valence-electron chi connectivity index (χ0n) is 10.8. The Kier molecular flexibility index (Phi) is 4.45. The normalized spacial score (nSPS) is 24.2. The molecule has 0 aromatic heterocycles. The van der Waals surface area contributed by atoms with Crippen LogP contribution in [0.5, 0.6) is 0 Å². The molecule has 1 aromatic rings. The molecule has 20 heavy (non-hydrogen) atoms. The standard InChI is InChI=1S/C14H14F4O2/c1-9-7-19-13(20-8-9)11-3-2-10(12(15)6-11)4-5-14(16,17)18/h2-6,9,13H,7-8H2,1H3/b5-4+. The molecule has 0 atom stereocenters. The lowest BCUT2D eigenvalue weighted by molar-refractivity contribution is -0.202. The molecule has 0 bridgehead atoms. The van der Waals surface area contributed by atoms with E-state index in [1.165, 1.54) is 12.1 Å². The van der Waals surface area contributed by atoms with Gasteiger partial charge in [0.25, 0.3) is 0 Å². The number of alkyl halides is 3. The van der Waals surface area contributed by atoms with Crippen molar-refractivity contribution in [3.63, 3.8) is 0 Å². The zero-order valence-corrected chi connectivity index (χ0v) is 10.8. The minimum absolute atomic E-state index is 0.000372. The van der Waals surface area contributed by atoms with E-state index in [0.29, 0.717) is 24.9 Å². The Labute approximate surface area is 114 Å². The fraction of sp³-hybridized carbons (Fsp3) is 0.429. The second-order valence-electron chi connectivity index (χ2n) is 4.76. The summed E-state index contributed by atoms with van der Waals surface area (Å²) >= 11 is 0. The van der Waals surface area contributed by atoms with Gasteiger partial charge in [-0.3, -0.25) is 0 Å². The van der Waals surface area contributed by atoms with Crippen LogP contribution in [-0.4, -0.2) is 19.4 Å². The van der Waals surface area contributed by atoms with Gasteiger partial charge in [-0.05, 0) is 12.1 Å². The maximum atomic E-state index is 13.7. The Morgan fingerprint density at radius 3 is 2.40 bits per heavy atom. The lowest BCUT2D eigenvalue weighted by Gasteiger charge is -2.27. The first kappa shape index (κ1) is 15.0. The van der Waals surface area contributed by atoms with E-state index in [1.807, 2.05) is 6.92 Å². The number of allylic oxidation sites excluding steroid dienone is 1. The molecule has 0 saturated carbocycles. The molecule has 1 heterocycles. The third-order valence-corrected chi connectivity index (χ3v) is 2.81. The molecule has 6 heteroatoms. The molecule has 1 aromatic carbocycles. The molecule has 1 saturated heterocycles. The average molecular weight is 290 g/mol. The van der Waals surface area contributed by atoms with Crippen molar-refractivity contribution in [1.29, 1.82) is 0 Å². The van der Waals surface area contributed by atoms with Crippen molar-refractivity contribution in [3.05, 3.63) is 41.2 Å². The van der Waals surface area contributed by atoms with Gasteiger partial charge in [-0.15, -0.1) is 0 Å². The van der Waals surface area contributed by atoms with Crippen LogP contribution in [0.25, 0.3) is 6.08 Å². The third kappa shape index (κ3) is 4.05. The summed E-state index contributed by atoms with van der Waals surface area (Å²) in [6.45, 7) is 2.96. The largest absolute Gasteiger partial charge is 0.409 e. The van der Waals surface area contributed by atoms with Crippen LogP contribution in [0, 0.1) is 11.7 Å². The van der Waals surface area contributed by atoms with Crippen molar-refractivity contribution >= 4 is 6.08 Å². The molecule has 0 radical (unpaired) electrons. The molecule has 0 spiro atoms. The zero-order chi connectivity index (χ0) is 14.8. The van der Waals surface area contributed by atoms with Gasteiger partial charge < -0.3 is 9.47 Å². The van der Waals surface area contributed by atoms with Crippen molar-refractivity contribution in [3.8, 4) is 0 Å². The van der Waals surface area contributed by atoms with Gasteiger partial charge in [0.05, 0.1) is 13.2 Å². The van der Waals surface area contributed by atoms with Crippen molar-refractivity contribution < 1.29 is 27.0 Å². The molecule has 1 aliphatic rings. The van der Waals surface area contributed by atoms with Crippen LogP contribution >= 0.6 is 0 Å². The predicted molar refractivity (Wildman–Crippen MR) is 65.3 cm³/mol. The van der Waals surface area contributed by atoms with Crippen LogP contribution in [0.15, 0.2) is 24.3 Å². The van der Waals surface area contributed by atoms with Gasteiger partial charge in [0, 0.05) is 23.1 Å². The minimum Gasteiger partial charge on any atom is -0.348 e. The van der Waals surface area contributed by atoms with Gasteiger partial charge in [-0.2, -0.15) is 13.2 Å². The van der Waals surface area contributed by atoms with Crippen LogP contribution < -0.4 is 0 Å². The van der Waals surface area contributed by atoms with Crippen molar-refractivity contribution in [2.24, 2.45) is 5.92 Å². The quantitative estimate of drug-likeness (QED) is 0.764. The predicted octanol–water partition coefficient (Wildman–Crippen LogP) is 4.08. The van der Waals surface area contributed by atoms with E-state index in [0.717, 1.165) is 6.07 Å². The fourth-order valence-corrected chi connectivity index (χ4v) is 1.80. The molecule has 0 unspecified atom stereocenters. The first-order chi connectivity index (χ1) is 9.35. The van der Waals surface area contributed by atoms with Gasteiger partial charge in [-0.25, -0.2) is 4.39 Å². The first-order valence-corrected chi connectivity index (χ1v) is 6.14. The van der Waals surface area contributed by atoms with E-state index >= 15 is 0 Å². The van der Waals surface area contributed by atoms with Crippen molar-refractivity contribution in [2.75, 3.05) is 13.2 Å². The number of rotatable bonds is 2. The fourth-order valence-electron chi connectivity index (χ4n) is 1.80. The molecular weight excluding hydrogens is 276 g/mol. The van der Waals surface area contributed by atoms with E-state index in [1.54, 1.807) is 0 Å². The lowest BCUT2D eigenvalue weighted by atomic mass is 10.1. The summed E-state index contributed by atoms with van der Waals surface area (Å²) in [4.78, 5) is 0. The summed E-state index contributed by atoms with van der Waals surface area (Å²) in [5.74, 6) is -0.473.